The number of pyridine rings is 1. The van der Waals surface area contributed by atoms with Gasteiger partial charge in [0.2, 0.25) is 0 Å². The Labute approximate surface area is 99.6 Å². The van der Waals surface area contributed by atoms with Crippen LogP contribution in [0.5, 0.6) is 5.75 Å². The van der Waals surface area contributed by atoms with Crippen molar-refractivity contribution in [2.45, 2.75) is 6.10 Å². The van der Waals surface area contributed by atoms with E-state index in [0.717, 1.165) is 11.4 Å². The normalized spacial score (nSPS) is 12.1. The summed E-state index contributed by atoms with van der Waals surface area (Å²) in [5.74, 6) is 0.920. The Morgan fingerprint density at radius 3 is 2.53 bits per heavy atom. The number of aromatic nitrogens is 1. The number of nitrogens with zero attached hydrogens (tertiary/aromatic N) is 1. The summed E-state index contributed by atoms with van der Waals surface area (Å²) in [6, 6.07) is 12.0. The quantitative estimate of drug-likeness (QED) is 0.751. The molecule has 17 heavy (non-hydrogen) atoms. The van der Waals surface area contributed by atoms with Crippen molar-refractivity contribution in [1.82, 2.24) is 4.98 Å². The minimum Gasteiger partial charge on any atom is -0.508 e. The van der Waals surface area contributed by atoms with Crippen LogP contribution in [0.25, 0.3) is 0 Å². The van der Waals surface area contributed by atoms with E-state index >= 15 is 0 Å². The third-order valence-corrected chi connectivity index (χ3v) is 2.42. The molecule has 0 bridgehead atoms. The topological polar surface area (TPSA) is 65.4 Å². The lowest BCUT2D eigenvalue weighted by atomic mass is 10.1. The number of aliphatic hydroxyl groups excluding tert-OH is 1. The fourth-order valence-corrected chi connectivity index (χ4v) is 1.48. The lowest BCUT2D eigenvalue weighted by Gasteiger charge is -2.12. The molecule has 1 unspecified atom stereocenters. The Kier molecular flexibility index (Phi) is 3.57. The zero-order chi connectivity index (χ0) is 12.1. The molecule has 0 aliphatic rings. The molecule has 2 rings (SSSR count). The molecule has 0 radical (unpaired) electrons. The highest BCUT2D eigenvalue weighted by atomic mass is 16.3. The molecule has 0 spiro atoms. The van der Waals surface area contributed by atoms with Crippen LogP contribution >= 0.6 is 0 Å². The van der Waals surface area contributed by atoms with Crippen molar-refractivity contribution in [3.63, 3.8) is 0 Å². The molecule has 2 aromatic rings. The Balaban J connectivity index is 1.93. The van der Waals surface area contributed by atoms with Gasteiger partial charge in [-0.15, -0.1) is 0 Å². The predicted molar refractivity (Wildman–Crippen MR) is 65.8 cm³/mol. The highest BCUT2D eigenvalue weighted by molar-refractivity contribution is 5.34. The number of rotatable bonds is 4. The second-order valence-corrected chi connectivity index (χ2v) is 3.70. The van der Waals surface area contributed by atoms with Gasteiger partial charge >= 0.3 is 0 Å². The SMILES string of the molecule is Oc1ccc(C(O)CNc2ccccn2)cc1. The molecule has 4 nitrogen and oxygen atoms in total. The van der Waals surface area contributed by atoms with E-state index in [4.69, 9.17) is 5.11 Å². The Bertz CT molecular complexity index is 457. The molecule has 0 aliphatic heterocycles. The van der Waals surface area contributed by atoms with Crippen molar-refractivity contribution >= 4 is 5.82 Å². The van der Waals surface area contributed by atoms with Crippen LogP contribution in [0.3, 0.4) is 0 Å². The second-order valence-electron chi connectivity index (χ2n) is 3.70. The molecule has 1 aromatic heterocycles. The summed E-state index contributed by atoms with van der Waals surface area (Å²) in [6.45, 7) is 0.377. The van der Waals surface area contributed by atoms with Crippen molar-refractivity contribution < 1.29 is 10.2 Å². The summed E-state index contributed by atoms with van der Waals surface area (Å²) >= 11 is 0. The number of anilines is 1. The molecule has 0 saturated carbocycles. The maximum Gasteiger partial charge on any atom is 0.125 e. The molecule has 0 saturated heterocycles. The molecule has 1 atom stereocenters. The first kappa shape index (κ1) is 11.4. The first-order valence-corrected chi connectivity index (χ1v) is 5.37. The van der Waals surface area contributed by atoms with Crippen molar-refractivity contribution in [2.75, 3.05) is 11.9 Å². The van der Waals surface area contributed by atoms with E-state index in [1.165, 1.54) is 0 Å². The van der Waals surface area contributed by atoms with Gasteiger partial charge in [0.15, 0.2) is 0 Å². The molecule has 88 valence electrons. The Hall–Kier alpha value is -2.07. The van der Waals surface area contributed by atoms with Crippen LogP contribution in [0.2, 0.25) is 0 Å². The summed E-state index contributed by atoms with van der Waals surface area (Å²) in [5, 5.41) is 22.1. The zero-order valence-corrected chi connectivity index (χ0v) is 9.24. The minimum absolute atomic E-state index is 0.193. The van der Waals surface area contributed by atoms with Gasteiger partial charge in [-0.2, -0.15) is 0 Å². The summed E-state index contributed by atoms with van der Waals surface area (Å²) in [5.41, 5.74) is 0.756. The van der Waals surface area contributed by atoms with E-state index in [9.17, 15) is 5.11 Å². The molecular formula is C13H14N2O2. The van der Waals surface area contributed by atoms with Crippen LogP contribution in [0, 0.1) is 0 Å². The van der Waals surface area contributed by atoms with Gasteiger partial charge in [0.25, 0.3) is 0 Å². The molecule has 0 aliphatic carbocycles. The number of hydrogen-bond donors (Lipinski definition) is 3. The van der Waals surface area contributed by atoms with Crippen molar-refractivity contribution in [3.8, 4) is 5.75 Å². The number of hydrogen-bond acceptors (Lipinski definition) is 4. The number of nitrogens with one attached hydrogen (secondary N) is 1. The number of aromatic hydroxyl groups is 1. The Morgan fingerprint density at radius 2 is 1.88 bits per heavy atom. The predicted octanol–water partition coefficient (Wildman–Crippen LogP) is 1.93. The highest BCUT2D eigenvalue weighted by Gasteiger charge is 2.06. The van der Waals surface area contributed by atoms with Crippen LogP contribution in [0.1, 0.15) is 11.7 Å². The first-order valence-electron chi connectivity index (χ1n) is 5.37. The highest BCUT2D eigenvalue weighted by Crippen LogP contribution is 2.17. The fraction of sp³-hybridized carbons (Fsp3) is 0.154. The summed E-state index contributed by atoms with van der Waals surface area (Å²) in [4.78, 5) is 4.10. The molecular weight excluding hydrogens is 216 g/mol. The average Bonchev–Trinajstić information content (AvgIpc) is 2.38. The largest absolute Gasteiger partial charge is 0.508 e. The van der Waals surface area contributed by atoms with E-state index in [-0.39, 0.29) is 5.75 Å². The smallest absolute Gasteiger partial charge is 0.125 e. The van der Waals surface area contributed by atoms with E-state index in [1.807, 2.05) is 18.2 Å². The van der Waals surface area contributed by atoms with Gasteiger partial charge in [0, 0.05) is 12.7 Å². The van der Waals surface area contributed by atoms with Crippen molar-refractivity contribution in [2.24, 2.45) is 0 Å². The number of phenols is 1. The van der Waals surface area contributed by atoms with Crippen LogP contribution in [0.4, 0.5) is 5.82 Å². The average molecular weight is 230 g/mol. The van der Waals surface area contributed by atoms with Crippen LogP contribution in [-0.2, 0) is 0 Å². The van der Waals surface area contributed by atoms with Gasteiger partial charge in [0.05, 0.1) is 6.10 Å². The number of benzene rings is 1. The molecule has 1 aromatic carbocycles. The zero-order valence-electron chi connectivity index (χ0n) is 9.24. The van der Waals surface area contributed by atoms with Crippen molar-refractivity contribution in [1.29, 1.82) is 0 Å². The number of phenolic OH excluding ortho intramolecular Hbond substituents is 1. The van der Waals surface area contributed by atoms with Gasteiger partial charge in [-0.05, 0) is 29.8 Å². The molecule has 0 amide bonds. The van der Waals surface area contributed by atoms with Gasteiger partial charge in [-0.25, -0.2) is 4.98 Å². The summed E-state index contributed by atoms with van der Waals surface area (Å²) in [7, 11) is 0. The lowest BCUT2D eigenvalue weighted by Crippen LogP contribution is -2.12. The molecule has 1 heterocycles. The van der Waals surface area contributed by atoms with Gasteiger partial charge in [-0.1, -0.05) is 18.2 Å². The van der Waals surface area contributed by atoms with E-state index in [0.29, 0.717) is 6.54 Å². The third kappa shape index (κ3) is 3.19. The maximum absolute atomic E-state index is 9.90. The minimum atomic E-state index is -0.627. The van der Waals surface area contributed by atoms with E-state index in [1.54, 1.807) is 30.5 Å². The first-order chi connectivity index (χ1) is 8.25. The molecule has 3 N–H and O–H groups in total. The van der Waals surface area contributed by atoms with E-state index < -0.39 is 6.10 Å². The molecule has 0 fully saturated rings. The molecule has 4 heteroatoms. The third-order valence-electron chi connectivity index (χ3n) is 2.42. The fourth-order valence-electron chi connectivity index (χ4n) is 1.48. The van der Waals surface area contributed by atoms with E-state index in [2.05, 4.69) is 10.3 Å². The van der Waals surface area contributed by atoms with Crippen LogP contribution < -0.4 is 5.32 Å². The van der Waals surface area contributed by atoms with Gasteiger partial charge < -0.3 is 15.5 Å². The Morgan fingerprint density at radius 1 is 1.12 bits per heavy atom. The standard InChI is InChI=1S/C13H14N2O2/c16-11-6-4-10(5-7-11)12(17)9-15-13-3-1-2-8-14-13/h1-8,12,16-17H,9H2,(H,14,15). The monoisotopic (exact) mass is 230 g/mol. The van der Waals surface area contributed by atoms with Crippen molar-refractivity contribution in [3.05, 3.63) is 54.2 Å². The van der Waals surface area contributed by atoms with Crippen LogP contribution in [0.15, 0.2) is 48.7 Å². The van der Waals surface area contributed by atoms with Gasteiger partial charge in [-0.3, -0.25) is 0 Å². The maximum atomic E-state index is 9.90. The summed E-state index contributed by atoms with van der Waals surface area (Å²) < 4.78 is 0. The van der Waals surface area contributed by atoms with Crippen LogP contribution in [-0.4, -0.2) is 21.7 Å². The summed E-state index contributed by atoms with van der Waals surface area (Å²) in [6.07, 6.45) is 1.06. The van der Waals surface area contributed by atoms with Gasteiger partial charge in [0.1, 0.15) is 11.6 Å². The number of aliphatic hydroxyl groups is 1. The lowest BCUT2D eigenvalue weighted by molar-refractivity contribution is 0.191. The second kappa shape index (κ2) is 5.32.